The van der Waals surface area contributed by atoms with Crippen LogP contribution in [0.4, 0.5) is 5.82 Å². The number of hydrogen-bond donors (Lipinski definition) is 0. The number of aromatic nitrogens is 3. The Hall–Kier alpha value is -2.22. The van der Waals surface area contributed by atoms with Crippen LogP contribution in [0.25, 0.3) is 15.9 Å². The average molecular weight is 228 g/mol. The first-order valence-electron chi connectivity index (χ1n) is 5.20. The molecule has 5 nitrogen and oxygen atoms in total. The lowest BCUT2D eigenvalue weighted by Gasteiger charge is -2.21. The SMILES string of the molecule is [C-]#[N+]c1ccc2c(=O)n(C(C)(C)C)cnc2n1. The minimum atomic E-state index is -0.323. The smallest absolute Gasteiger partial charge is 0.271 e. The molecule has 0 N–H and O–H groups in total. The van der Waals surface area contributed by atoms with Gasteiger partial charge in [0.25, 0.3) is 17.0 Å². The van der Waals surface area contributed by atoms with Gasteiger partial charge >= 0.3 is 0 Å². The van der Waals surface area contributed by atoms with Crippen LogP contribution < -0.4 is 5.56 Å². The number of nitrogens with zero attached hydrogens (tertiary/aromatic N) is 4. The quantitative estimate of drug-likeness (QED) is 0.649. The molecule has 0 spiro atoms. The molecule has 0 aromatic carbocycles. The van der Waals surface area contributed by atoms with Crippen LogP contribution in [0.3, 0.4) is 0 Å². The summed E-state index contributed by atoms with van der Waals surface area (Å²) in [7, 11) is 0. The van der Waals surface area contributed by atoms with Crippen LogP contribution in [0.2, 0.25) is 0 Å². The zero-order valence-electron chi connectivity index (χ0n) is 9.93. The summed E-state index contributed by atoms with van der Waals surface area (Å²) in [4.78, 5) is 23.5. The summed E-state index contributed by atoms with van der Waals surface area (Å²) in [6, 6.07) is 3.14. The van der Waals surface area contributed by atoms with E-state index in [9.17, 15) is 4.79 Å². The molecule has 0 atom stereocenters. The number of rotatable bonds is 0. The molecule has 0 saturated carbocycles. The van der Waals surface area contributed by atoms with Gasteiger partial charge in [0, 0.05) is 5.54 Å². The molecule has 2 rings (SSSR count). The van der Waals surface area contributed by atoms with Crippen LogP contribution in [0, 0.1) is 6.57 Å². The van der Waals surface area contributed by atoms with E-state index in [0.717, 1.165) is 0 Å². The fraction of sp³-hybridized carbons (Fsp3) is 0.333. The van der Waals surface area contributed by atoms with Crippen LogP contribution in [-0.2, 0) is 5.54 Å². The highest BCUT2D eigenvalue weighted by atomic mass is 16.1. The first kappa shape index (κ1) is 11.3. The van der Waals surface area contributed by atoms with Crippen LogP contribution in [0.15, 0.2) is 23.3 Å². The summed E-state index contributed by atoms with van der Waals surface area (Å²) in [6.45, 7) is 12.7. The van der Waals surface area contributed by atoms with Crippen LogP contribution in [0.5, 0.6) is 0 Å². The van der Waals surface area contributed by atoms with Gasteiger partial charge < -0.3 is 4.85 Å². The summed E-state index contributed by atoms with van der Waals surface area (Å²) in [5, 5.41) is 0.440. The largest absolute Gasteiger partial charge is 0.361 e. The average Bonchev–Trinajstić information content (AvgIpc) is 2.27. The maximum absolute atomic E-state index is 12.2. The van der Waals surface area contributed by atoms with Crippen molar-refractivity contribution in [1.29, 1.82) is 0 Å². The molecule has 0 aliphatic carbocycles. The second kappa shape index (κ2) is 3.67. The number of fused-ring (bicyclic) bond motifs is 1. The maximum atomic E-state index is 12.2. The van der Waals surface area contributed by atoms with Crippen molar-refractivity contribution in [3.63, 3.8) is 0 Å². The summed E-state index contributed by atoms with van der Waals surface area (Å²) >= 11 is 0. The van der Waals surface area contributed by atoms with Gasteiger partial charge in [0.05, 0.1) is 0 Å². The van der Waals surface area contributed by atoms with Crippen molar-refractivity contribution in [2.75, 3.05) is 0 Å². The minimum Gasteiger partial charge on any atom is -0.361 e. The molecule has 0 unspecified atom stereocenters. The van der Waals surface area contributed by atoms with Crippen LogP contribution >= 0.6 is 0 Å². The Kier molecular flexibility index (Phi) is 2.43. The summed E-state index contributed by atoms with van der Waals surface area (Å²) < 4.78 is 1.56. The Morgan fingerprint density at radius 3 is 2.65 bits per heavy atom. The van der Waals surface area contributed by atoms with Crippen molar-refractivity contribution in [2.24, 2.45) is 0 Å². The van der Waals surface area contributed by atoms with Crippen LogP contribution in [-0.4, -0.2) is 14.5 Å². The van der Waals surface area contributed by atoms with E-state index in [1.165, 1.54) is 12.4 Å². The summed E-state index contributed by atoms with van der Waals surface area (Å²) in [5.74, 6) is 0.248. The zero-order chi connectivity index (χ0) is 12.6. The summed E-state index contributed by atoms with van der Waals surface area (Å²) in [6.07, 6.45) is 1.48. The van der Waals surface area contributed by atoms with Gasteiger partial charge in [-0.05, 0) is 26.8 Å². The van der Waals surface area contributed by atoms with Gasteiger partial charge in [0.15, 0.2) is 0 Å². The van der Waals surface area contributed by atoms with E-state index in [1.807, 2.05) is 20.8 Å². The Morgan fingerprint density at radius 2 is 2.06 bits per heavy atom. The van der Waals surface area contributed by atoms with Crippen molar-refractivity contribution >= 4 is 16.9 Å². The highest BCUT2D eigenvalue weighted by Crippen LogP contribution is 2.15. The van der Waals surface area contributed by atoms with Gasteiger partial charge in [-0.3, -0.25) is 9.36 Å². The first-order valence-corrected chi connectivity index (χ1v) is 5.20. The second-order valence-electron chi connectivity index (χ2n) is 4.74. The van der Waals surface area contributed by atoms with E-state index in [1.54, 1.807) is 10.6 Å². The van der Waals surface area contributed by atoms with E-state index in [0.29, 0.717) is 11.0 Å². The Bertz CT molecular complexity index is 673. The molecule has 2 heterocycles. The van der Waals surface area contributed by atoms with Crippen molar-refractivity contribution in [2.45, 2.75) is 26.3 Å². The van der Waals surface area contributed by atoms with E-state index in [4.69, 9.17) is 6.57 Å². The van der Waals surface area contributed by atoms with Gasteiger partial charge in [-0.2, -0.15) is 4.98 Å². The third-order valence-corrected chi connectivity index (χ3v) is 2.44. The molecule has 0 amide bonds. The molecule has 0 aliphatic heterocycles. The molecule has 0 radical (unpaired) electrons. The van der Waals surface area contributed by atoms with Crippen molar-refractivity contribution in [1.82, 2.24) is 14.5 Å². The highest BCUT2D eigenvalue weighted by molar-refractivity contribution is 5.75. The van der Waals surface area contributed by atoms with Gasteiger partial charge in [0.1, 0.15) is 11.7 Å². The molecule has 86 valence electrons. The van der Waals surface area contributed by atoms with E-state index in [2.05, 4.69) is 14.8 Å². The van der Waals surface area contributed by atoms with Crippen molar-refractivity contribution in [3.05, 3.63) is 40.2 Å². The normalized spacial score (nSPS) is 11.4. The number of pyridine rings is 1. The second-order valence-corrected chi connectivity index (χ2v) is 4.74. The standard InChI is InChI=1S/C12H12N4O/c1-12(2,3)16-7-14-10-8(11(16)17)5-6-9(13-4)15-10/h5-7H,1-3H3. The zero-order valence-corrected chi connectivity index (χ0v) is 9.93. The lowest BCUT2D eigenvalue weighted by atomic mass is 10.1. The Labute approximate surface area is 98.6 Å². The van der Waals surface area contributed by atoms with E-state index < -0.39 is 0 Å². The van der Waals surface area contributed by atoms with Crippen LogP contribution in [0.1, 0.15) is 20.8 Å². The molecule has 0 fully saturated rings. The third kappa shape index (κ3) is 1.89. The highest BCUT2D eigenvalue weighted by Gasteiger charge is 2.17. The molecule has 2 aromatic rings. The number of hydrogen-bond acceptors (Lipinski definition) is 3. The topological polar surface area (TPSA) is 52.1 Å². The van der Waals surface area contributed by atoms with Gasteiger partial charge in [-0.25, -0.2) is 0 Å². The van der Waals surface area contributed by atoms with E-state index >= 15 is 0 Å². The summed E-state index contributed by atoms with van der Waals surface area (Å²) in [5.41, 5.74) is -0.132. The monoisotopic (exact) mass is 228 g/mol. The lowest BCUT2D eigenvalue weighted by molar-refractivity contribution is 0.381. The molecule has 0 saturated heterocycles. The Balaban J connectivity index is 2.79. The molecular formula is C12H12N4O. The van der Waals surface area contributed by atoms with Gasteiger partial charge in [0.2, 0.25) is 0 Å². The molecule has 0 aliphatic rings. The van der Waals surface area contributed by atoms with Crippen molar-refractivity contribution < 1.29 is 0 Å². The predicted octanol–water partition coefficient (Wildman–Crippen LogP) is 2.10. The molecular weight excluding hydrogens is 216 g/mol. The fourth-order valence-electron chi connectivity index (χ4n) is 1.54. The first-order chi connectivity index (χ1) is 7.93. The molecule has 17 heavy (non-hydrogen) atoms. The van der Waals surface area contributed by atoms with E-state index in [-0.39, 0.29) is 16.9 Å². The third-order valence-electron chi connectivity index (χ3n) is 2.44. The predicted molar refractivity (Wildman–Crippen MR) is 65.1 cm³/mol. The Morgan fingerprint density at radius 1 is 1.35 bits per heavy atom. The van der Waals surface area contributed by atoms with Gasteiger partial charge in [-0.15, -0.1) is 0 Å². The molecule has 2 aromatic heterocycles. The lowest BCUT2D eigenvalue weighted by Crippen LogP contribution is -2.33. The van der Waals surface area contributed by atoms with Gasteiger partial charge in [-0.1, -0.05) is 17.6 Å². The fourth-order valence-corrected chi connectivity index (χ4v) is 1.54. The van der Waals surface area contributed by atoms with Crippen molar-refractivity contribution in [3.8, 4) is 0 Å². The molecule has 0 bridgehead atoms. The molecule has 5 heteroatoms. The maximum Gasteiger partial charge on any atom is 0.271 e. The minimum absolute atomic E-state index is 0.133.